The van der Waals surface area contributed by atoms with Gasteiger partial charge in [0.1, 0.15) is 28.3 Å². The summed E-state index contributed by atoms with van der Waals surface area (Å²) >= 11 is 2.64. The molecule has 0 spiro atoms. The standard InChI is InChI=1S/C52H41N5O5S2/c1-2-35-33-63-48-44(47(59)57(48)45(35)49(60)61)54-46(58)43(56-62-52(39-27-15-6-16-28-39,40-29-17-7-18-30-40)41-31-19-8-20-32-41)42-34-64-50(53-42)55-51(36-21-9-3-10-22-36,37-23-11-4-12-24-37)38-25-13-5-14-26-38/h2-32,34,44,48H,1,33H2,(H,53,55)(H,54,58)(H,60,61)/b56-43+/t44-,48+/m1/s1. The summed E-state index contributed by atoms with van der Waals surface area (Å²) in [4.78, 5) is 54.1. The molecule has 316 valence electrons. The molecule has 0 saturated carbocycles. The number of hydrogen-bond donors (Lipinski definition) is 3. The van der Waals surface area contributed by atoms with Crippen LogP contribution in [0.2, 0.25) is 0 Å². The van der Waals surface area contributed by atoms with E-state index < -0.39 is 40.3 Å². The van der Waals surface area contributed by atoms with E-state index in [0.717, 1.165) is 33.4 Å². The van der Waals surface area contributed by atoms with E-state index in [1.807, 2.05) is 146 Å². The first-order valence-electron chi connectivity index (χ1n) is 20.5. The number of amides is 2. The molecule has 0 bridgehead atoms. The Morgan fingerprint density at radius 1 is 0.719 bits per heavy atom. The van der Waals surface area contributed by atoms with E-state index in [2.05, 4.69) is 53.6 Å². The van der Waals surface area contributed by atoms with Crippen LogP contribution in [0.5, 0.6) is 0 Å². The predicted molar refractivity (Wildman–Crippen MR) is 252 cm³/mol. The number of nitrogens with one attached hydrogen (secondary N) is 2. The molecule has 2 amide bonds. The smallest absolute Gasteiger partial charge is 0.352 e. The third-order valence-electron chi connectivity index (χ3n) is 11.4. The van der Waals surface area contributed by atoms with Gasteiger partial charge >= 0.3 is 5.97 Å². The molecule has 0 unspecified atom stereocenters. The van der Waals surface area contributed by atoms with E-state index in [-0.39, 0.29) is 17.1 Å². The van der Waals surface area contributed by atoms with Gasteiger partial charge in [-0.05, 0) is 22.3 Å². The summed E-state index contributed by atoms with van der Waals surface area (Å²) in [5, 5.41) is 23.1. The van der Waals surface area contributed by atoms with Crippen molar-refractivity contribution in [2.45, 2.75) is 22.6 Å². The number of carboxylic acid groups (broad SMARTS) is 1. The molecule has 3 N–H and O–H groups in total. The number of aromatic nitrogens is 1. The minimum atomic E-state index is -1.35. The van der Waals surface area contributed by atoms with Crippen molar-refractivity contribution < 1.29 is 24.3 Å². The second kappa shape index (κ2) is 18.1. The Morgan fingerprint density at radius 3 is 1.58 bits per heavy atom. The minimum absolute atomic E-state index is 0.140. The van der Waals surface area contributed by atoms with Crippen LogP contribution in [0, 0.1) is 0 Å². The molecule has 0 aliphatic carbocycles. The zero-order chi connectivity index (χ0) is 44.1. The van der Waals surface area contributed by atoms with Crippen molar-refractivity contribution in [3.8, 4) is 0 Å². The van der Waals surface area contributed by atoms with E-state index in [0.29, 0.717) is 16.5 Å². The van der Waals surface area contributed by atoms with Crippen molar-refractivity contribution >= 4 is 51.7 Å². The number of hydrogen-bond acceptors (Lipinski definition) is 9. The molecule has 9 rings (SSSR count). The van der Waals surface area contributed by atoms with Gasteiger partial charge in [0, 0.05) is 27.8 Å². The van der Waals surface area contributed by atoms with Gasteiger partial charge in [-0.15, -0.1) is 23.1 Å². The molecule has 12 heteroatoms. The molecule has 1 fully saturated rings. The van der Waals surface area contributed by atoms with Gasteiger partial charge in [0.2, 0.25) is 5.60 Å². The van der Waals surface area contributed by atoms with Crippen LogP contribution in [0.1, 0.15) is 39.1 Å². The van der Waals surface area contributed by atoms with Crippen molar-refractivity contribution in [2.75, 3.05) is 11.1 Å². The van der Waals surface area contributed by atoms with E-state index in [1.165, 1.54) is 34.1 Å². The molecule has 0 radical (unpaired) electrons. The molecule has 6 aromatic carbocycles. The van der Waals surface area contributed by atoms with Gasteiger partial charge in [-0.3, -0.25) is 14.5 Å². The first-order valence-corrected chi connectivity index (χ1v) is 22.5. The fourth-order valence-electron chi connectivity index (χ4n) is 8.39. The number of aliphatic carboxylic acids is 1. The van der Waals surface area contributed by atoms with Gasteiger partial charge in [0.25, 0.3) is 11.8 Å². The number of β-lactam (4-membered cyclic amide) rings is 1. The average molecular weight is 880 g/mol. The number of thioether (sulfide) groups is 1. The maximum Gasteiger partial charge on any atom is 0.352 e. The lowest BCUT2D eigenvalue weighted by Crippen LogP contribution is -2.71. The Kier molecular flexibility index (Phi) is 11.8. The summed E-state index contributed by atoms with van der Waals surface area (Å²) in [6.07, 6.45) is 1.45. The summed E-state index contributed by atoms with van der Waals surface area (Å²) in [5.74, 6) is -2.23. The quantitative estimate of drug-likeness (QED) is 0.0402. The van der Waals surface area contributed by atoms with Crippen LogP contribution >= 0.6 is 23.1 Å². The number of oxime groups is 1. The van der Waals surface area contributed by atoms with Gasteiger partial charge in [0.05, 0.1) is 0 Å². The maximum absolute atomic E-state index is 14.9. The van der Waals surface area contributed by atoms with Crippen LogP contribution in [0.15, 0.2) is 216 Å². The van der Waals surface area contributed by atoms with Crippen molar-refractivity contribution in [1.82, 2.24) is 15.2 Å². The highest BCUT2D eigenvalue weighted by molar-refractivity contribution is 8.00. The summed E-state index contributed by atoms with van der Waals surface area (Å²) in [6.45, 7) is 3.75. The number of allylic oxidation sites excluding steroid dienone is 1. The highest BCUT2D eigenvalue weighted by Crippen LogP contribution is 2.44. The van der Waals surface area contributed by atoms with Gasteiger partial charge in [-0.25, -0.2) is 9.78 Å². The Bertz CT molecular complexity index is 2670. The molecule has 2 atom stereocenters. The molecule has 1 saturated heterocycles. The zero-order valence-corrected chi connectivity index (χ0v) is 35.9. The van der Waals surface area contributed by atoms with Crippen LogP contribution < -0.4 is 10.6 Å². The monoisotopic (exact) mass is 879 g/mol. The molecule has 2 aliphatic rings. The fourth-order valence-corrected chi connectivity index (χ4v) is 10.5. The Hall–Kier alpha value is -7.54. The summed E-state index contributed by atoms with van der Waals surface area (Å²) in [7, 11) is 0. The number of fused-ring (bicyclic) bond motifs is 1. The Labute approximate surface area is 378 Å². The molecule has 64 heavy (non-hydrogen) atoms. The molecule has 2 aliphatic heterocycles. The number of anilines is 1. The number of rotatable bonds is 15. The molecular formula is C52H41N5O5S2. The molecular weight excluding hydrogens is 839 g/mol. The summed E-state index contributed by atoms with van der Waals surface area (Å²) in [6, 6.07) is 58.2. The lowest BCUT2D eigenvalue weighted by molar-refractivity contribution is -0.150. The van der Waals surface area contributed by atoms with E-state index in [1.54, 1.807) is 5.38 Å². The van der Waals surface area contributed by atoms with Gasteiger partial charge in [-0.2, -0.15) is 0 Å². The third kappa shape index (κ3) is 7.56. The van der Waals surface area contributed by atoms with Crippen molar-refractivity contribution in [3.63, 3.8) is 0 Å². The highest BCUT2D eigenvalue weighted by atomic mass is 32.2. The molecule has 10 nitrogen and oxygen atoms in total. The summed E-state index contributed by atoms with van der Waals surface area (Å²) in [5.41, 5.74) is 3.18. The van der Waals surface area contributed by atoms with Crippen LogP contribution in [-0.4, -0.2) is 55.7 Å². The second-order valence-electron chi connectivity index (χ2n) is 15.1. The first-order chi connectivity index (χ1) is 31.3. The molecule has 7 aromatic rings. The van der Waals surface area contributed by atoms with E-state index >= 15 is 0 Å². The van der Waals surface area contributed by atoms with E-state index in [9.17, 15) is 19.5 Å². The second-order valence-corrected chi connectivity index (χ2v) is 17.0. The van der Waals surface area contributed by atoms with Crippen LogP contribution in [0.25, 0.3) is 0 Å². The highest BCUT2D eigenvalue weighted by Gasteiger charge is 2.54. The average Bonchev–Trinajstić information content (AvgIpc) is 3.82. The van der Waals surface area contributed by atoms with Crippen LogP contribution in [0.3, 0.4) is 0 Å². The van der Waals surface area contributed by atoms with Crippen molar-refractivity contribution in [1.29, 1.82) is 0 Å². The number of carbonyl (C=O) groups is 3. The fraction of sp³-hybridized carbons (Fsp3) is 0.0962. The lowest BCUT2D eigenvalue weighted by atomic mass is 9.77. The molecule has 3 heterocycles. The van der Waals surface area contributed by atoms with Crippen LogP contribution in [0.4, 0.5) is 5.13 Å². The number of nitrogens with zero attached hydrogens (tertiary/aromatic N) is 3. The number of carboxylic acids is 1. The van der Waals surface area contributed by atoms with Gasteiger partial charge in [-0.1, -0.05) is 200 Å². The largest absolute Gasteiger partial charge is 0.477 e. The Morgan fingerprint density at radius 2 is 1.16 bits per heavy atom. The minimum Gasteiger partial charge on any atom is -0.477 e. The van der Waals surface area contributed by atoms with Crippen LogP contribution in [-0.2, 0) is 30.4 Å². The lowest BCUT2D eigenvalue weighted by Gasteiger charge is -2.49. The topological polar surface area (TPSA) is 133 Å². The molecule has 1 aromatic heterocycles. The first kappa shape index (κ1) is 41.8. The zero-order valence-electron chi connectivity index (χ0n) is 34.3. The normalized spacial score (nSPS) is 16.3. The van der Waals surface area contributed by atoms with Gasteiger partial charge < -0.3 is 20.6 Å². The number of carbonyl (C=O) groups excluding carboxylic acids is 2. The number of thiazole rings is 1. The number of benzene rings is 6. The van der Waals surface area contributed by atoms with Crippen molar-refractivity contribution in [2.24, 2.45) is 5.16 Å². The third-order valence-corrected chi connectivity index (χ3v) is 13.5. The SMILES string of the molecule is C=CC1=C(C(=O)O)N2C(=O)[C@@H](NC(=O)/C(=N/OC(c3ccccc3)(c3ccccc3)c3ccccc3)c3csc(NC(c4ccccc4)(c4ccccc4)c4ccccc4)n3)[C@@H]2SC1. The van der Waals surface area contributed by atoms with Gasteiger partial charge in [0.15, 0.2) is 10.8 Å². The Balaban J connectivity index is 1.17. The summed E-state index contributed by atoms with van der Waals surface area (Å²) < 4.78 is 0. The predicted octanol–water partition coefficient (Wildman–Crippen LogP) is 9.18. The van der Waals surface area contributed by atoms with E-state index in [4.69, 9.17) is 15.0 Å². The maximum atomic E-state index is 14.9. The van der Waals surface area contributed by atoms with Crippen molar-refractivity contribution in [3.05, 3.63) is 250 Å².